The minimum Gasteiger partial charge on any atom is -0.338 e. The first kappa shape index (κ1) is 15.3. The van der Waals surface area contributed by atoms with Gasteiger partial charge in [0.1, 0.15) is 6.54 Å². The molecule has 4 rings (SSSR count). The fourth-order valence-electron chi connectivity index (χ4n) is 3.37. The van der Waals surface area contributed by atoms with E-state index >= 15 is 0 Å². The minimum atomic E-state index is -0.236. The number of hydrogen-bond acceptors (Lipinski definition) is 5. The molecule has 3 N–H and O–H groups in total. The second-order valence-corrected chi connectivity index (χ2v) is 6.68. The molecular formula is C17H21N5O2. The van der Waals surface area contributed by atoms with Gasteiger partial charge in [-0.3, -0.25) is 15.0 Å². The van der Waals surface area contributed by atoms with Gasteiger partial charge in [-0.05, 0) is 38.2 Å². The zero-order valence-corrected chi connectivity index (χ0v) is 13.6. The summed E-state index contributed by atoms with van der Waals surface area (Å²) >= 11 is 0. The number of amides is 1. The largest absolute Gasteiger partial charge is 0.338 e. The van der Waals surface area contributed by atoms with Crippen molar-refractivity contribution in [2.45, 2.75) is 44.9 Å². The molecule has 7 heteroatoms. The van der Waals surface area contributed by atoms with Gasteiger partial charge in [-0.2, -0.15) is 5.10 Å². The molecule has 126 valence electrons. The second kappa shape index (κ2) is 5.99. The number of aromatic nitrogens is 2. The number of hydrazine groups is 1. The number of rotatable bonds is 4. The van der Waals surface area contributed by atoms with Crippen molar-refractivity contribution in [3.05, 3.63) is 40.3 Å². The lowest BCUT2D eigenvalue weighted by Gasteiger charge is -2.13. The van der Waals surface area contributed by atoms with Gasteiger partial charge in [0.05, 0.1) is 17.2 Å². The van der Waals surface area contributed by atoms with Crippen LogP contribution in [0.1, 0.15) is 25.0 Å². The predicted molar refractivity (Wildman–Crippen MR) is 90.1 cm³/mol. The lowest BCUT2D eigenvalue weighted by Crippen LogP contribution is -2.46. The highest BCUT2D eigenvalue weighted by Crippen LogP contribution is 2.35. The van der Waals surface area contributed by atoms with Gasteiger partial charge >= 0.3 is 0 Å². The summed E-state index contributed by atoms with van der Waals surface area (Å²) in [5.41, 5.74) is 6.85. The fourth-order valence-corrected chi connectivity index (χ4v) is 3.37. The van der Waals surface area contributed by atoms with Crippen LogP contribution < -0.4 is 21.7 Å². The van der Waals surface area contributed by atoms with Crippen LogP contribution in [0.2, 0.25) is 0 Å². The summed E-state index contributed by atoms with van der Waals surface area (Å²) in [5.74, 6) is 0.516. The Morgan fingerprint density at radius 2 is 2.04 bits per heavy atom. The standard InChI is InChI=1S/C17H21N5O2/c1-10-12-4-2-3-5-13(12)17(24)22(21-10)9-16(23)18-15-8-14(19-20-15)11-6-7-11/h2-5,11,14-15,19-20H,6-9H2,1H3,(H,18,23). The van der Waals surface area contributed by atoms with E-state index in [1.165, 1.54) is 17.5 Å². The number of hydrogen-bond donors (Lipinski definition) is 3. The molecule has 1 aromatic heterocycles. The molecule has 2 fully saturated rings. The van der Waals surface area contributed by atoms with E-state index in [1.54, 1.807) is 6.07 Å². The van der Waals surface area contributed by atoms with Gasteiger partial charge in [-0.25, -0.2) is 10.1 Å². The molecule has 2 heterocycles. The molecule has 1 aromatic carbocycles. The molecule has 24 heavy (non-hydrogen) atoms. The van der Waals surface area contributed by atoms with Crippen molar-refractivity contribution >= 4 is 16.7 Å². The zero-order chi connectivity index (χ0) is 16.7. The quantitative estimate of drug-likeness (QED) is 0.758. The maximum atomic E-state index is 12.5. The molecule has 1 saturated carbocycles. The number of aryl methyl sites for hydroxylation is 1. The van der Waals surface area contributed by atoms with E-state index in [4.69, 9.17) is 0 Å². The van der Waals surface area contributed by atoms with Crippen LogP contribution in [0.15, 0.2) is 29.1 Å². The van der Waals surface area contributed by atoms with Crippen LogP contribution in [-0.4, -0.2) is 27.9 Å². The van der Waals surface area contributed by atoms with Crippen molar-refractivity contribution in [3.63, 3.8) is 0 Å². The van der Waals surface area contributed by atoms with Crippen molar-refractivity contribution in [3.8, 4) is 0 Å². The molecule has 1 aliphatic heterocycles. The van der Waals surface area contributed by atoms with Crippen LogP contribution in [-0.2, 0) is 11.3 Å². The van der Waals surface area contributed by atoms with Crippen LogP contribution in [0.4, 0.5) is 0 Å². The molecule has 2 unspecified atom stereocenters. The Morgan fingerprint density at radius 1 is 1.29 bits per heavy atom. The van der Waals surface area contributed by atoms with Gasteiger partial charge in [0, 0.05) is 11.4 Å². The fraction of sp³-hybridized carbons (Fsp3) is 0.471. The van der Waals surface area contributed by atoms with Crippen molar-refractivity contribution in [2.75, 3.05) is 0 Å². The number of fused-ring (bicyclic) bond motifs is 1. The van der Waals surface area contributed by atoms with E-state index in [2.05, 4.69) is 21.3 Å². The Bertz CT molecular complexity index is 842. The highest BCUT2D eigenvalue weighted by molar-refractivity contribution is 5.83. The van der Waals surface area contributed by atoms with Crippen molar-refractivity contribution in [2.24, 2.45) is 5.92 Å². The normalized spacial score (nSPS) is 23.5. The summed E-state index contributed by atoms with van der Waals surface area (Å²) in [6.07, 6.45) is 3.29. The van der Waals surface area contributed by atoms with E-state index < -0.39 is 0 Å². The van der Waals surface area contributed by atoms with Gasteiger partial charge in [0.25, 0.3) is 5.56 Å². The summed E-state index contributed by atoms with van der Waals surface area (Å²) in [6.45, 7) is 1.77. The average Bonchev–Trinajstić information content (AvgIpc) is 3.32. The van der Waals surface area contributed by atoms with Gasteiger partial charge in [0.15, 0.2) is 0 Å². The SMILES string of the molecule is Cc1nn(CC(=O)NC2CC(C3CC3)NN2)c(=O)c2ccccc12. The summed E-state index contributed by atoms with van der Waals surface area (Å²) in [5, 5.41) is 8.62. The average molecular weight is 327 g/mol. The Morgan fingerprint density at radius 3 is 2.79 bits per heavy atom. The number of nitrogens with zero attached hydrogens (tertiary/aromatic N) is 2. The Kier molecular flexibility index (Phi) is 3.82. The lowest BCUT2D eigenvalue weighted by molar-refractivity contribution is -0.122. The Balaban J connectivity index is 1.47. The monoisotopic (exact) mass is 327 g/mol. The molecule has 1 aliphatic carbocycles. The maximum absolute atomic E-state index is 12.5. The molecule has 0 bridgehead atoms. The van der Waals surface area contributed by atoms with Crippen LogP contribution in [0.25, 0.3) is 10.8 Å². The third-order valence-electron chi connectivity index (χ3n) is 4.80. The molecular weight excluding hydrogens is 306 g/mol. The molecule has 1 amide bonds. The van der Waals surface area contributed by atoms with Crippen LogP contribution in [0.3, 0.4) is 0 Å². The number of carbonyl (C=O) groups is 1. The maximum Gasteiger partial charge on any atom is 0.275 e. The summed E-state index contributed by atoms with van der Waals surface area (Å²) < 4.78 is 1.24. The number of carbonyl (C=O) groups excluding carboxylic acids is 1. The highest BCUT2D eigenvalue weighted by Gasteiger charge is 2.36. The molecule has 2 aliphatic rings. The van der Waals surface area contributed by atoms with Crippen molar-refractivity contribution < 1.29 is 4.79 Å². The summed E-state index contributed by atoms with van der Waals surface area (Å²) in [7, 11) is 0. The Hall–Kier alpha value is -2.25. The molecule has 0 spiro atoms. The van der Waals surface area contributed by atoms with E-state index in [-0.39, 0.29) is 24.2 Å². The second-order valence-electron chi connectivity index (χ2n) is 6.68. The van der Waals surface area contributed by atoms with Gasteiger partial charge in [-0.15, -0.1) is 0 Å². The first-order chi connectivity index (χ1) is 11.6. The van der Waals surface area contributed by atoms with Crippen molar-refractivity contribution in [1.29, 1.82) is 0 Å². The molecule has 0 radical (unpaired) electrons. The minimum absolute atomic E-state index is 0.0726. The summed E-state index contributed by atoms with van der Waals surface area (Å²) in [4.78, 5) is 24.8. The summed E-state index contributed by atoms with van der Waals surface area (Å²) in [6, 6.07) is 7.76. The number of benzene rings is 1. The molecule has 7 nitrogen and oxygen atoms in total. The first-order valence-electron chi connectivity index (χ1n) is 8.38. The first-order valence-corrected chi connectivity index (χ1v) is 8.38. The van der Waals surface area contributed by atoms with E-state index in [0.29, 0.717) is 11.4 Å². The lowest BCUT2D eigenvalue weighted by atomic mass is 10.1. The zero-order valence-electron chi connectivity index (χ0n) is 13.6. The highest BCUT2D eigenvalue weighted by atomic mass is 16.2. The number of nitrogens with one attached hydrogen (secondary N) is 3. The van der Waals surface area contributed by atoms with Crippen LogP contribution in [0, 0.1) is 12.8 Å². The Labute approximate surface area is 139 Å². The van der Waals surface area contributed by atoms with E-state index in [9.17, 15) is 9.59 Å². The molecule has 1 saturated heterocycles. The third-order valence-corrected chi connectivity index (χ3v) is 4.80. The van der Waals surface area contributed by atoms with Gasteiger partial charge in [0.2, 0.25) is 5.91 Å². The smallest absolute Gasteiger partial charge is 0.275 e. The van der Waals surface area contributed by atoms with E-state index in [0.717, 1.165) is 23.4 Å². The van der Waals surface area contributed by atoms with Crippen molar-refractivity contribution in [1.82, 2.24) is 25.9 Å². The molecule has 2 atom stereocenters. The third kappa shape index (κ3) is 2.92. The van der Waals surface area contributed by atoms with E-state index in [1.807, 2.05) is 25.1 Å². The predicted octanol–water partition coefficient (Wildman–Crippen LogP) is 0.424. The van der Waals surface area contributed by atoms with Gasteiger partial charge in [-0.1, -0.05) is 18.2 Å². The topological polar surface area (TPSA) is 88.1 Å². The molecule has 2 aromatic rings. The van der Waals surface area contributed by atoms with Crippen LogP contribution >= 0.6 is 0 Å². The van der Waals surface area contributed by atoms with Crippen LogP contribution in [0.5, 0.6) is 0 Å². The van der Waals surface area contributed by atoms with Gasteiger partial charge < -0.3 is 5.32 Å².